The van der Waals surface area contributed by atoms with E-state index in [9.17, 15) is 4.79 Å². The molecule has 26 heavy (non-hydrogen) atoms. The molecule has 0 atom stereocenters. The van der Waals surface area contributed by atoms with E-state index in [1.54, 1.807) is 0 Å². The predicted molar refractivity (Wildman–Crippen MR) is 108 cm³/mol. The lowest BCUT2D eigenvalue weighted by molar-refractivity contribution is -0.119. The lowest BCUT2D eigenvalue weighted by atomic mass is 10.1. The van der Waals surface area contributed by atoms with E-state index in [4.69, 9.17) is 4.74 Å². The van der Waals surface area contributed by atoms with Gasteiger partial charge in [0.25, 0.3) is 0 Å². The number of nitrogens with one attached hydrogen (secondary N) is 3. The van der Waals surface area contributed by atoms with E-state index in [0.29, 0.717) is 31.6 Å². The number of carbonyl (C=O) groups is 1. The molecular formula is C20H34N4O2. The molecule has 0 aromatic heterocycles. The fourth-order valence-electron chi connectivity index (χ4n) is 2.26. The molecule has 146 valence electrons. The highest BCUT2D eigenvalue weighted by Crippen LogP contribution is 2.22. The number of nitrogens with zero attached hydrogens (tertiary/aromatic N) is 1. The van der Waals surface area contributed by atoms with Gasteiger partial charge >= 0.3 is 0 Å². The first-order chi connectivity index (χ1) is 12.5. The first kappa shape index (κ1) is 21.8. The highest BCUT2D eigenvalue weighted by Gasteiger charge is 2.07. The second kappa shape index (κ2) is 12.2. The minimum atomic E-state index is -0.0499. The molecule has 0 fully saturated rings. The monoisotopic (exact) mass is 362 g/mol. The molecule has 1 rings (SSSR count). The van der Waals surface area contributed by atoms with Gasteiger partial charge in [-0.15, -0.1) is 0 Å². The average Bonchev–Trinajstić information content (AvgIpc) is 2.58. The van der Waals surface area contributed by atoms with Gasteiger partial charge in [0.2, 0.25) is 5.91 Å². The van der Waals surface area contributed by atoms with E-state index >= 15 is 0 Å². The number of benzene rings is 1. The molecule has 0 aliphatic heterocycles. The van der Waals surface area contributed by atoms with Crippen molar-refractivity contribution in [2.75, 3.05) is 26.2 Å². The van der Waals surface area contributed by atoms with Crippen LogP contribution in [0.1, 0.15) is 45.2 Å². The Bertz CT molecular complexity index is 585. The van der Waals surface area contributed by atoms with Crippen LogP contribution in [0.4, 0.5) is 0 Å². The molecule has 0 saturated heterocycles. The number of hydrogen-bond acceptors (Lipinski definition) is 3. The number of amides is 1. The van der Waals surface area contributed by atoms with Crippen LogP contribution in [-0.2, 0) is 11.3 Å². The molecule has 3 N–H and O–H groups in total. The summed E-state index contributed by atoms with van der Waals surface area (Å²) < 4.78 is 5.98. The lowest BCUT2D eigenvalue weighted by Crippen LogP contribution is -2.43. The topological polar surface area (TPSA) is 74.8 Å². The van der Waals surface area contributed by atoms with Gasteiger partial charge in [-0.2, -0.15) is 0 Å². The fraction of sp³-hybridized carbons (Fsp3) is 0.600. The Labute approximate surface area is 157 Å². The molecule has 6 heteroatoms. The van der Waals surface area contributed by atoms with E-state index < -0.39 is 0 Å². The van der Waals surface area contributed by atoms with Crippen molar-refractivity contribution < 1.29 is 9.53 Å². The molecule has 1 amide bonds. The second-order valence-electron chi connectivity index (χ2n) is 6.64. The summed E-state index contributed by atoms with van der Waals surface area (Å²) in [4.78, 5) is 16.2. The summed E-state index contributed by atoms with van der Waals surface area (Å²) in [5, 5.41) is 8.97. The number of hydrogen-bond donors (Lipinski definition) is 3. The summed E-state index contributed by atoms with van der Waals surface area (Å²) in [6, 6.07) is 6.17. The molecule has 0 saturated carbocycles. The van der Waals surface area contributed by atoms with Crippen LogP contribution in [0.15, 0.2) is 23.2 Å². The Hall–Kier alpha value is -2.24. The van der Waals surface area contributed by atoms with E-state index in [1.807, 2.05) is 13.8 Å². The number of guanidine groups is 1. The van der Waals surface area contributed by atoms with Gasteiger partial charge in [0.1, 0.15) is 5.75 Å². The Balaban J connectivity index is 2.75. The highest BCUT2D eigenvalue weighted by atomic mass is 16.5. The second-order valence-corrected chi connectivity index (χ2v) is 6.64. The molecule has 0 radical (unpaired) electrons. The number of likely N-dealkylation sites (N-methyl/N-ethyl adjacent to an activating group) is 1. The SMILES string of the molecule is CCNC(=O)CNC(=NCc1ccc(C)cc1OCCC(C)C)NCC. The lowest BCUT2D eigenvalue weighted by Gasteiger charge is -2.14. The number of carbonyl (C=O) groups excluding carboxylic acids is 1. The number of ether oxygens (including phenoxy) is 1. The van der Waals surface area contributed by atoms with Gasteiger partial charge in [0, 0.05) is 18.7 Å². The molecule has 0 heterocycles. The quantitative estimate of drug-likeness (QED) is 0.442. The highest BCUT2D eigenvalue weighted by molar-refractivity contribution is 5.86. The summed E-state index contributed by atoms with van der Waals surface area (Å²) in [5.41, 5.74) is 2.20. The maximum atomic E-state index is 11.6. The third-order valence-corrected chi connectivity index (χ3v) is 3.72. The molecule has 1 aromatic rings. The number of aryl methyl sites for hydroxylation is 1. The van der Waals surface area contributed by atoms with E-state index in [-0.39, 0.29) is 12.5 Å². The van der Waals surface area contributed by atoms with Crippen LogP contribution in [0.3, 0.4) is 0 Å². The molecule has 0 spiro atoms. The zero-order chi connectivity index (χ0) is 19.4. The van der Waals surface area contributed by atoms with Crippen LogP contribution in [0, 0.1) is 12.8 Å². The van der Waals surface area contributed by atoms with Gasteiger partial charge in [0.05, 0.1) is 19.7 Å². The van der Waals surface area contributed by atoms with Gasteiger partial charge in [0.15, 0.2) is 5.96 Å². The minimum absolute atomic E-state index is 0.0499. The standard InChI is InChI=1S/C20H34N4O2/c1-6-21-19(25)14-24-20(22-7-2)23-13-17-9-8-16(5)12-18(17)26-11-10-15(3)4/h8-9,12,15H,6-7,10-11,13-14H2,1-5H3,(H,21,25)(H2,22,23,24). The summed E-state index contributed by atoms with van der Waals surface area (Å²) >= 11 is 0. The van der Waals surface area contributed by atoms with Crippen molar-refractivity contribution in [1.82, 2.24) is 16.0 Å². The molecule has 0 aliphatic carbocycles. The maximum absolute atomic E-state index is 11.6. The van der Waals surface area contributed by atoms with Crippen molar-refractivity contribution in [2.24, 2.45) is 10.9 Å². The third kappa shape index (κ3) is 8.74. The molecule has 0 aliphatic rings. The van der Waals surface area contributed by atoms with E-state index in [1.165, 1.54) is 5.56 Å². The van der Waals surface area contributed by atoms with Crippen molar-refractivity contribution in [3.63, 3.8) is 0 Å². The van der Waals surface area contributed by atoms with Crippen molar-refractivity contribution in [1.29, 1.82) is 0 Å². The first-order valence-corrected chi connectivity index (χ1v) is 9.47. The van der Waals surface area contributed by atoms with Gasteiger partial charge in [-0.3, -0.25) is 4.79 Å². The summed E-state index contributed by atoms with van der Waals surface area (Å²) in [5.74, 6) is 2.06. The minimum Gasteiger partial charge on any atom is -0.493 e. The van der Waals surface area contributed by atoms with E-state index in [2.05, 4.69) is 59.9 Å². The fourth-order valence-corrected chi connectivity index (χ4v) is 2.26. The summed E-state index contributed by atoms with van der Waals surface area (Å²) in [6.45, 7) is 13.1. The van der Waals surface area contributed by atoms with Crippen molar-refractivity contribution in [3.8, 4) is 5.75 Å². The zero-order valence-corrected chi connectivity index (χ0v) is 16.8. The van der Waals surface area contributed by atoms with Crippen LogP contribution in [0.2, 0.25) is 0 Å². The van der Waals surface area contributed by atoms with Crippen LogP contribution >= 0.6 is 0 Å². The first-order valence-electron chi connectivity index (χ1n) is 9.47. The largest absolute Gasteiger partial charge is 0.493 e. The summed E-state index contributed by atoms with van der Waals surface area (Å²) in [7, 11) is 0. The summed E-state index contributed by atoms with van der Waals surface area (Å²) in [6.07, 6.45) is 1.02. The van der Waals surface area contributed by atoms with Crippen molar-refractivity contribution in [3.05, 3.63) is 29.3 Å². The van der Waals surface area contributed by atoms with Gasteiger partial charge < -0.3 is 20.7 Å². The molecular weight excluding hydrogens is 328 g/mol. The Kier molecular flexibility index (Phi) is 10.2. The van der Waals surface area contributed by atoms with E-state index in [0.717, 1.165) is 24.3 Å². The Morgan fingerprint density at radius 1 is 1.15 bits per heavy atom. The third-order valence-electron chi connectivity index (χ3n) is 3.72. The number of aliphatic imine (C=N–C) groups is 1. The number of rotatable bonds is 10. The van der Waals surface area contributed by atoms with Crippen LogP contribution < -0.4 is 20.7 Å². The van der Waals surface area contributed by atoms with Crippen LogP contribution in [0.5, 0.6) is 5.75 Å². The van der Waals surface area contributed by atoms with Crippen molar-refractivity contribution in [2.45, 2.75) is 47.6 Å². The maximum Gasteiger partial charge on any atom is 0.239 e. The van der Waals surface area contributed by atoms with Crippen LogP contribution in [0.25, 0.3) is 0 Å². The van der Waals surface area contributed by atoms with Crippen molar-refractivity contribution >= 4 is 11.9 Å². The smallest absolute Gasteiger partial charge is 0.239 e. The molecule has 0 bridgehead atoms. The van der Waals surface area contributed by atoms with Gasteiger partial charge in [-0.1, -0.05) is 26.0 Å². The molecule has 6 nitrogen and oxygen atoms in total. The average molecular weight is 363 g/mol. The normalized spacial score (nSPS) is 11.4. The Morgan fingerprint density at radius 3 is 2.54 bits per heavy atom. The predicted octanol–water partition coefficient (Wildman–Crippen LogP) is 2.61. The zero-order valence-electron chi connectivity index (χ0n) is 16.8. The van der Waals surface area contributed by atoms with Gasteiger partial charge in [-0.25, -0.2) is 4.99 Å². The molecule has 1 aromatic carbocycles. The molecule has 0 unspecified atom stereocenters. The van der Waals surface area contributed by atoms with Gasteiger partial charge in [-0.05, 0) is 44.7 Å². The van der Waals surface area contributed by atoms with Crippen LogP contribution in [-0.4, -0.2) is 38.1 Å². The Morgan fingerprint density at radius 2 is 1.88 bits per heavy atom.